The van der Waals surface area contributed by atoms with Crippen LogP contribution in [0.3, 0.4) is 0 Å². The second-order valence-electron chi connectivity index (χ2n) is 3.77. The van der Waals surface area contributed by atoms with Gasteiger partial charge in [0.25, 0.3) is 5.69 Å². The molecular weight excluding hydrogens is 289 g/mol. The van der Waals surface area contributed by atoms with Crippen molar-refractivity contribution in [3.63, 3.8) is 0 Å². The van der Waals surface area contributed by atoms with Gasteiger partial charge >= 0.3 is 0 Å². The van der Waals surface area contributed by atoms with Gasteiger partial charge in [0.2, 0.25) is 0 Å². The average molecular weight is 298 g/mol. The number of halogens is 2. The third kappa shape index (κ3) is 2.83. The lowest BCUT2D eigenvalue weighted by Gasteiger charge is -2.06. The number of rotatable bonds is 3. The first-order valence-electron chi connectivity index (χ1n) is 5.49. The molecule has 19 heavy (non-hydrogen) atoms. The zero-order valence-electron chi connectivity index (χ0n) is 9.93. The molecule has 0 aliphatic rings. The first-order chi connectivity index (χ1) is 9.02. The molecule has 0 saturated carbocycles. The van der Waals surface area contributed by atoms with Gasteiger partial charge in [0.1, 0.15) is 10.3 Å². The summed E-state index contributed by atoms with van der Waals surface area (Å²) < 4.78 is 0. The van der Waals surface area contributed by atoms with Gasteiger partial charge in [-0.15, -0.1) is 0 Å². The Bertz CT molecular complexity index is 624. The predicted octanol–water partition coefficient (Wildman–Crippen LogP) is 3.92. The van der Waals surface area contributed by atoms with Crippen LogP contribution in [0, 0.1) is 10.1 Å². The van der Waals surface area contributed by atoms with Crippen LogP contribution in [0.5, 0.6) is 0 Å². The Morgan fingerprint density at radius 1 is 1.26 bits per heavy atom. The molecule has 98 valence electrons. The maximum Gasteiger partial charge on any atom is 0.270 e. The van der Waals surface area contributed by atoms with E-state index in [0.29, 0.717) is 17.5 Å². The van der Waals surface area contributed by atoms with Gasteiger partial charge in [-0.3, -0.25) is 10.1 Å². The number of hydrogen-bond acceptors (Lipinski definition) is 4. The van der Waals surface area contributed by atoms with Crippen LogP contribution < -0.4 is 0 Å². The van der Waals surface area contributed by atoms with Gasteiger partial charge in [0, 0.05) is 23.3 Å². The van der Waals surface area contributed by atoms with Crippen molar-refractivity contribution in [2.24, 2.45) is 0 Å². The molecule has 7 heteroatoms. The highest BCUT2D eigenvalue weighted by molar-refractivity contribution is 6.34. The minimum atomic E-state index is -0.479. The highest BCUT2D eigenvalue weighted by Gasteiger charge is 2.13. The molecule has 5 nitrogen and oxygen atoms in total. The molecule has 0 amide bonds. The molecule has 0 aliphatic carbocycles. The van der Waals surface area contributed by atoms with Crippen molar-refractivity contribution >= 4 is 28.9 Å². The standard InChI is InChI=1S/C12H9Cl2N3O2/c1-2-9-10(13)15-12(16-11(9)14)7-4-3-5-8(6-7)17(18)19/h3-6H,2H2,1H3. The largest absolute Gasteiger partial charge is 0.270 e. The first kappa shape index (κ1) is 13.7. The smallest absolute Gasteiger partial charge is 0.258 e. The van der Waals surface area contributed by atoms with Crippen LogP contribution >= 0.6 is 23.2 Å². The molecule has 1 aromatic heterocycles. The summed E-state index contributed by atoms with van der Waals surface area (Å²) in [6.07, 6.45) is 0.618. The Hall–Kier alpha value is -1.72. The Morgan fingerprint density at radius 3 is 2.42 bits per heavy atom. The fourth-order valence-corrected chi connectivity index (χ4v) is 2.27. The second-order valence-corrected chi connectivity index (χ2v) is 4.48. The van der Waals surface area contributed by atoms with Gasteiger partial charge < -0.3 is 0 Å². The first-order valence-corrected chi connectivity index (χ1v) is 6.25. The highest BCUT2D eigenvalue weighted by atomic mass is 35.5. The van der Waals surface area contributed by atoms with Crippen molar-refractivity contribution in [1.29, 1.82) is 0 Å². The number of nitrogens with zero attached hydrogens (tertiary/aromatic N) is 3. The minimum Gasteiger partial charge on any atom is -0.258 e. The molecular formula is C12H9Cl2N3O2. The lowest BCUT2D eigenvalue weighted by atomic mass is 10.2. The summed E-state index contributed by atoms with van der Waals surface area (Å²) in [5.41, 5.74) is 1.13. The number of aromatic nitrogens is 2. The minimum absolute atomic E-state index is 0.0343. The highest BCUT2D eigenvalue weighted by Crippen LogP contribution is 2.27. The van der Waals surface area contributed by atoms with E-state index in [4.69, 9.17) is 23.2 Å². The SMILES string of the molecule is CCc1c(Cl)nc(-c2cccc([N+](=O)[O-])c2)nc1Cl. The van der Waals surface area contributed by atoms with E-state index in [1.165, 1.54) is 12.1 Å². The number of hydrogen-bond donors (Lipinski definition) is 0. The molecule has 0 atom stereocenters. The predicted molar refractivity (Wildman–Crippen MR) is 73.5 cm³/mol. The summed E-state index contributed by atoms with van der Waals surface area (Å²) in [6, 6.07) is 6.01. The van der Waals surface area contributed by atoms with Crippen molar-refractivity contribution in [1.82, 2.24) is 9.97 Å². The third-order valence-corrected chi connectivity index (χ3v) is 3.20. The van der Waals surface area contributed by atoms with Crippen molar-refractivity contribution in [3.8, 4) is 11.4 Å². The average Bonchev–Trinajstić information content (AvgIpc) is 2.38. The molecule has 0 saturated heterocycles. The third-order valence-electron chi connectivity index (χ3n) is 2.57. The van der Waals surface area contributed by atoms with Gasteiger partial charge in [0.05, 0.1) is 4.92 Å². The van der Waals surface area contributed by atoms with Crippen LogP contribution in [0.4, 0.5) is 5.69 Å². The zero-order chi connectivity index (χ0) is 14.0. The van der Waals surface area contributed by atoms with Crippen LogP contribution in [0.25, 0.3) is 11.4 Å². The van der Waals surface area contributed by atoms with Gasteiger partial charge in [-0.05, 0) is 6.42 Å². The van der Waals surface area contributed by atoms with E-state index in [1.54, 1.807) is 12.1 Å². The summed E-state index contributed by atoms with van der Waals surface area (Å²) in [5, 5.41) is 11.3. The van der Waals surface area contributed by atoms with Gasteiger partial charge in [0.15, 0.2) is 5.82 Å². The van der Waals surface area contributed by atoms with Crippen LogP contribution in [-0.2, 0) is 6.42 Å². The maximum absolute atomic E-state index is 10.7. The molecule has 0 radical (unpaired) electrons. The molecule has 0 fully saturated rings. The zero-order valence-corrected chi connectivity index (χ0v) is 11.4. The topological polar surface area (TPSA) is 68.9 Å². The lowest BCUT2D eigenvalue weighted by Crippen LogP contribution is -1.97. The summed E-state index contributed by atoms with van der Waals surface area (Å²) in [7, 11) is 0. The molecule has 1 aromatic carbocycles. The molecule has 0 spiro atoms. The van der Waals surface area contributed by atoms with Gasteiger partial charge in [-0.25, -0.2) is 9.97 Å². The fourth-order valence-electron chi connectivity index (χ4n) is 1.61. The van der Waals surface area contributed by atoms with Gasteiger partial charge in [-0.2, -0.15) is 0 Å². The monoisotopic (exact) mass is 297 g/mol. The van der Waals surface area contributed by atoms with Crippen LogP contribution in [0.1, 0.15) is 12.5 Å². The molecule has 0 N–H and O–H groups in total. The summed E-state index contributed by atoms with van der Waals surface area (Å²) >= 11 is 12.0. The number of benzene rings is 1. The van der Waals surface area contributed by atoms with E-state index in [1.807, 2.05) is 6.92 Å². The number of non-ortho nitro benzene ring substituents is 1. The second kappa shape index (κ2) is 5.50. The van der Waals surface area contributed by atoms with Gasteiger partial charge in [-0.1, -0.05) is 42.3 Å². The maximum atomic E-state index is 10.7. The van der Waals surface area contributed by atoms with E-state index in [-0.39, 0.29) is 21.8 Å². The Kier molecular flexibility index (Phi) is 3.97. The molecule has 0 unspecified atom stereocenters. The molecule has 2 rings (SSSR count). The summed E-state index contributed by atoms with van der Waals surface area (Å²) in [6.45, 7) is 1.89. The molecule has 0 bridgehead atoms. The van der Waals surface area contributed by atoms with Crippen molar-refractivity contribution in [3.05, 3.63) is 50.2 Å². The Balaban J connectivity index is 2.53. The summed E-state index contributed by atoms with van der Waals surface area (Å²) in [4.78, 5) is 18.5. The van der Waals surface area contributed by atoms with Crippen molar-refractivity contribution in [2.45, 2.75) is 13.3 Å². The lowest BCUT2D eigenvalue weighted by molar-refractivity contribution is -0.384. The fraction of sp³-hybridized carbons (Fsp3) is 0.167. The van der Waals surface area contributed by atoms with Crippen molar-refractivity contribution in [2.75, 3.05) is 0 Å². The summed E-state index contributed by atoms with van der Waals surface area (Å²) in [5.74, 6) is 0.274. The Morgan fingerprint density at radius 2 is 1.89 bits per heavy atom. The van der Waals surface area contributed by atoms with Crippen LogP contribution in [0.15, 0.2) is 24.3 Å². The number of nitro groups is 1. The van der Waals surface area contributed by atoms with Crippen LogP contribution in [-0.4, -0.2) is 14.9 Å². The number of nitro benzene ring substituents is 1. The molecule has 1 heterocycles. The van der Waals surface area contributed by atoms with Crippen molar-refractivity contribution < 1.29 is 4.92 Å². The molecule has 2 aromatic rings. The van der Waals surface area contributed by atoms with E-state index < -0.39 is 4.92 Å². The van der Waals surface area contributed by atoms with Crippen LogP contribution in [0.2, 0.25) is 10.3 Å². The van der Waals surface area contributed by atoms with E-state index >= 15 is 0 Å². The Labute approximate surface area is 119 Å². The van der Waals surface area contributed by atoms with E-state index in [9.17, 15) is 10.1 Å². The quantitative estimate of drug-likeness (QED) is 0.489. The molecule has 0 aliphatic heterocycles. The van der Waals surface area contributed by atoms with E-state index in [0.717, 1.165) is 0 Å². The normalized spacial score (nSPS) is 10.5. The van der Waals surface area contributed by atoms with E-state index in [2.05, 4.69) is 9.97 Å².